The van der Waals surface area contributed by atoms with Crippen LogP contribution < -0.4 is 0 Å². The van der Waals surface area contributed by atoms with Gasteiger partial charge in [-0.3, -0.25) is 37.3 Å². The molecule has 3 N–H and O–H groups in total. The molecule has 0 aromatic carbocycles. The number of phosphoric ester groups is 2. The van der Waals surface area contributed by atoms with Gasteiger partial charge in [-0.25, -0.2) is 9.13 Å². The number of esters is 4. The molecule has 5 unspecified atom stereocenters. The fourth-order valence-corrected chi connectivity index (χ4v) is 12.0. The molecule has 0 heterocycles. The van der Waals surface area contributed by atoms with E-state index in [0.29, 0.717) is 25.7 Å². The SMILES string of the molecule is CCCC/C=C\CCCCCCCC(=O)OC(COC(=O)CCCCCCC/C=C\CCCCCC)COP(=O)(O)OCC(O)COP(=O)(O)OCC(COC(=O)CCCCCCC/C=C\C/C=C\CCCCC)OC(=O)CCCCCCCCCCCCCCCCC. The van der Waals surface area contributed by atoms with Crippen LogP contribution in [0.4, 0.5) is 0 Å². The second-order valence-corrected chi connectivity index (χ2v) is 28.5. The Kier molecular flexibility index (Phi) is 66.4. The average molecular weight is 1370 g/mol. The summed E-state index contributed by atoms with van der Waals surface area (Å²) in [5.74, 6) is -2.18. The highest BCUT2D eigenvalue weighted by Gasteiger charge is 2.30. The lowest BCUT2D eigenvalue weighted by molar-refractivity contribution is -0.161. The van der Waals surface area contributed by atoms with Gasteiger partial charge in [-0.1, -0.05) is 269 Å². The van der Waals surface area contributed by atoms with E-state index in [0.717, 1.165) is 148 Å². The van der Waals surface area contributed by atoms with Crippen LogP contribution in [0, 0.1) is 0 Å². The largest absolute Gasteiger partial charge is 0.472 e. The molecule has 5 atom stereocenters. The van der Waals surface area contributed by atoms with Gasteiger partial charge in [-0.2, -0.15) is 0 Å². The zero-order chi connectivity index (χ0) is 69.0. The van der Waals surface area contributed by atoms with E-state index in [2.05, 4.69) is 76.3 Å². The Bertz CT molecular complexity index is 1980. The number of ether oxygens (including phenoxy) is 4. The summed E-state index contributed by atoms with van der Waals surface area (Å²) in [7, 11) is -9.93. The van der Waals surface area contributed by atoms with Gasteiger partial charge in [0, 0.05) is 25.7 Å². The van der Waals surface area contributed by atoms with Gasteiger partial charge in [0.1, 0.15) is 19.3 Å². The number of aliphatic hydroxyl groups is 1. The van der Waals surface area contributed by atoms with Gasteiger partial charge >= 0.3 is 39.5 Å². The van der Waals surface area contributed by atoms with E-state index in [1.807, 2.05) is 0 Å². The van der Waals surface area contributed by atoms with Crippen molar-refractivity contribution in [1.82, 2.24) is 0 Å². The summed E-state index contributed by atoms with van der Waals surface area (Å²) in [4.78, 5) is 72.7. The summed E-state index contributed by atoms with van der Waals surface area (Å²) in [5.41, 5.74) is 0. The highest BCUT2D eigenvalue weighted by molar-refractivity contribution is 7.47. The first-order chi connectivity index (χ1) is 45.7. The molecule has 0 radical (unpaired) electrons. The van der Waals surface area contributed by atoms with Crippen molar-refractivity contribution in [3.8, 4) is 0 Å². The van der Waals surface area contributed by atoms with Crippen molar-refractivity contribution in [1.29, 1.82) is 0 Å². The molecule has 0 rings (SSSR count). The molecule has 0 aromatic rings. The lowest BCUT2D eigenvalue weighted by atomic mass is 10.0. The molecule has 0 aliphatic carbocycles. The van der Waals surface area contributed by atoms with Crippen LogP contribution in [0.25, 0.3) is 0 Å². The van der Waals surface area contributed by atoms with Gasteiger partial charge in [-0.15, -0.1) is 0 Å². The Balaban J connectivity index is 5.31. The van der Waals surface area contributed by atoms with E-state index in [9.17, 15) is 43.2 Å². The van der Waals surface area contributed by atoms with Crippen LogP contribution in [0.3, 0.4) is 0 Å². The normalized spacial score (nSPS) is 14.2. The topological polar surface area (TPSA) is 237 Å². The first kappa shape index (κ1) is 91.0. The number of rotatable bonds is 72. The van der Waals surface area contributed by atoms with Gasteiger partial charge in [-0.05, 0) is 103 Å². The summed E-state index contributed by atoms with van der Waals surface area (Å²) < 4.78 is 68.4. The first-order valence-electron chi connectivity index (χ1n) is 37.9. The van der Waals surface area contributed by atoms with Crippen molar-refractivity contribution in [2.75, 3.05) is 39.6 Å². The molecule has 17 nitrogen and oxygen atoms in total. The minimum absolute atomic E-state index is 0.0874. The highest BCUT2D eigenvalue weighted by atomic mass is 31.2. The molecule has 0 fully saturated rings. The Hall–Kier alpha value is -2.98. The molecule has 0 amide bonds. The monoisotopic (exact) mass is 1370 g/mol. The zero-order valence-electron chi connectivity index (χ0n) is 59.9. The minimum atomic E-state index is -4.97. The smallest absolute Gasteiger partial charge is 0.462 e. The van der Waals surface area contributed by atoms with Crippen molar-refractivity contribution >= 4 is 39.5 Å². The molecule has 0 aliphatic heterocycles. The molecule has 19 heteroatoms. The van der Waals surface area contributed by atoms with Crippen LogP contribution >= 0.6 is 15.6 Å². The fourth-order valence-electron chi connectivity index (χ4n) is 10.4. The van der Waals surface area contributed by atoms with Crippen LogP contribution in [0.2, 0.25) is 0 Å². The van der Waals surface area contributed by atoms with Crippen molar-refractivity contribution < 1.29 is 80.2 Å². The minimum Gasteiger partial charge on any atom is -0.462 e. The molecule has 0 saturated carbocycles. The number of unbranched alkanes of at least 4 members (excludes halogenated alkanes) is 38. The molecule has 0 aliphatic rings. The average Bonchev–Trinajstić information content (AvgIpc) is 1.36. The van der Waals surface area contributed by atoms with Crippen LogP contribution in [0.15, 0.2) is 48.6 Å². The standard InChI is InChI=1S/C75H138O17P2/c1-5-9-13-17-21-25-29-32-34-37-41-44-48-52-56-60-73(78)86-66-71(92-75(80)62-58-54-50-46-42-38-35-33-30-26-22-18-14-10-6-2)68-90-94(83,84)88-64-69(76)63-87-93(81,82)89-67-70(91-74(79)61-57-53-49-45-39-28-24-20-16-12-8-4)65-85-72(77)59-55-51-47-43-40-36-31-27-23-19-15-11-7-3/h20-21,24-25,27,31-32,34,69-71,76H,5-19,22-23,26,28-30,33,35-68H2,1-4H3,(H,81,82)(H,83,84)/b24-20-,25-21-,31-27-,34-32-. The molecule has 0 bridgehead atoms. The van der Waals surface area contributed by atoms with Crippen LogP contribution in [0.5, 0.6) is 0 Å². The number of hydrogen-bond donors (Lipinski definition) is 3. The van der Waals surface area contributed by atoms with Crippen molar-refractivity contribution in [3.63, 3.8) is 0 Å². The summed E-state index contributed by atoms with van der Waals surface area (Å²) in [6.45, 7) is 4.81. The lowest BCUT2D eigenvalue weighted by Gasteiger charge is -2.21. The Morgan fingerprint density at radius 1 is 0.298 bits per heavy atom. The second-order valence-electron chi connectivity index (χ2n) is 25.6. The summed E-state index contributed by atoms with van der Waals surface area (Å²) in [5, 5.41) is 10.6. The third kappa shape index (κ3) is 67.6. The summed E-state index contributed by atoms with van der Waals surface area (Å²) in [6, 6.07) is 0. The van der Waals surface area contributed by atoms with Crippen molar-refractivity contribution in [2.24, 2.45) is 0 Å². The van der Waals surface area contributed by atoms with Gasteiger partial charge in [0.15, 0.2) is 12.2 Å². The molecule has 94 heavy (non-hydrogen) atoms. The quantitative estimate of drug-likeness (QED) is 0.0169. The third-order valence-electron chi connectivity index (χ3n) is 16.3. The Labute approximate surface area is 572 Å². The van der Waals surface area contributed by atoms with Gasteiger partial charge in [0.2, 0.25) is 0 Å². The van der Waals surface area contributed by atoms with Gasteiger partial charge in [0.25, 0.3) is 0 Å². The van der Waals surface area contributed by atoms with Crippen LogP contribution in [0.1, 0.15) is 349 Å². The van der Waals surface area contributed by atoms with E-state index in [4.69, 9.17) is 37.0 Å². The Morgan fingerprint density at radius 3 is 0.862 bits per heavy atom. The van der Waals surface area contributed by atoms with E-state index in [-0.39, 0.29) is 25.7 Å². The summed E-state index contributed by atoms with van der Waals surface area (Å²) >= 11 is 0. The number of aliphatic hydroxyl groups excluding tert-OH is 1. The highest BCUT2D eigenvalue weighted by Crippen LogP contribution is 2.45. The number of carbonyl (C=O) groups excluding carboxylic acids is 4. The van der Waals surface area contributed by atoms with Crippen LogP contribution in [-0.4, -0.2) is 96.7 Å². The van der Waals surface area contributed by atoms with E-state index < -0.39 is 97.5 Å². The lowest BCUT2D eigenvalue weighted by Crippen LogP contribution is -2.30. The maximum Gasteiger partial charge on any atom is 0.472 e. The molecular formula is C75H138O17P2. The van der Waals surface area contributed by atoms with E-state index >= 15 is 0 Å². The van der Waals surface area contributed by atoms with Gasteiger partial charge < -0.3 is 33.8 Å². The maximum atomic E-state index is 13.1. The Morgan fingerprint density at radius 2 is 0.532 bits per heavy atom. The zero-order valence-corrected chi connectivity index (χ0v) is 61.7. The van der Waals surface area contributed by atoms with Crippen molar-refractivity contribution in [3.05, 3.63) is 48.6 Å². The van der Waals surface area contributed by atoms with E-state index in [1.54, 1.807) is 0 Å². The molecule has 550 valence electrons. The predicted molar refractivity (Wildman–Crippen MR) is 381 cm³/mol. The number of phosphoric acid groups is 2. The number of hydrogen-bond acceptors (Lipinski definition) is 15. The maximum absolute atomic E-state index is 13.1. The van der Waals surface area contributed by atoms with Crippen molar-refractivity contribution in [2.45, 2.75) is 367 Å². The predicted octanol–water partition coefficient (Wildman–Crippen LogP) is 21.3. The third-order valence-corrected chi connectivity index (χ3v) is 18.2. The first-order valence-corrected chi connectivity index (χ1v) is 40.9. The number of carbonyl (C=O) groups is 4. The molecular weight excluding hydrogens is 1230 g/mol. The fraction of sp³-hybridized carbons (Fsp3) is 0.840. The second kappa shape index (κ2) is 68.5. The van der Waals surface area contributed by atoms with Crippen LogP contribution in [-0.2, 0) is 65.4 Å². The molecule has 0 aromatic heterocycles. The van der Waals surface area contributed by atoms with E-state index in [1.165, 1.54) is 122 Å². The molecule has 0 spiro atoms. The summed E-state index contributed by atoms with van der Waals surface area (Å²) in [6.07, 6.45) is 63.9. The number of allylic oxidation sites excluding steroid dienone is 8. The van der Waals surface area contributed by atoms with Gasteiger partial charge in [0.05, 0.1) is 26.4 Å². The molecule has 0 saturated heterocycles.